The van der Waals surface area contributed by atoms with Crippen LogP contribution in [0.5, 0.6) is 5.75 Å². The average Bonchev–Trinajstić information content (AvgIpc) is 3.01. The minimum Gasteiger partial charge on any atom is -0.467 e. The smallest absolute Gasteiger partial charge is 0.467 e. The molecule has 0 radical (unpaired) electrons. The van der Waals surface area contributed by atoms with Gasteiger partial charge in [-0.3, -0.25) is 4.90 Å². The lowest BCUT2D eigenvalue weighted by atomic mass is 10.0. The van der Waals surface area contributed by atoms with Gasteiger partial charge in [-0.2, -0.15) is 0 Å². The molecule has 0 bridgehead atoms. The number of benzene rings is 1. The van der Waals surface area contributed by atoms with Gasteiger partial charge in [-0.05, 0) is 29.8 Å². The monoisotopic (exact) mass is 326 g/mol. The Morgan fingerprint density at radius 1 is 1.13 bits per heavy atom. The second-order valence-corrected chi connectivity index (χ2v) is 5.32. The predicted octanol–water partition coefficient (Wildman–Crippen LogP) is 3.17. The van der Waals surface area contributed by atoms with Crippen molar-refractivity contribution in [2.75, 3.05) is 26.2 Å². The van der Waals surface area contributed by atoms with Crippen molar-refractivity contribution in [3.63, 3.8) is 0 Å². The van der Waals surface area contributed by atoms with Gasteiger partial charge in [0.05, 0.1) is 12.3 Å². The molecular weight excluding hydrogens is 309 g/mol. The van der Waals surface area contributed by atoms with E-state index in [0.29, 0.717) is 11.3 Å². The van der Waals surface area contributed by atoms with Crippen molar-refractivity contribution in [2.24, 2.45) is 0 Å². The number of ether oxygens (including phenoxy) is 1. The maximum atomic E-state index is 12.4. The molecule has 0 saturated carbocycles. The van der Waals surface area contributed by atoms with E-state index in [2.05, 4.69) is 15.0 Å². The quantitative estimate of drug-likeness (QED) is 0.936. The van der Waals surface area contributed by atoms with Gasteiger partial charge in [-0.1, -0.05) is 12.1 Å². The van der Waals surface area contributed by atoms with E-state index in [1.54, 1.807) is 24.5 Å². The van der Waals surface area contributed by atoms with Crippen LogP contribution in [0.25, 0.3) is 0 Å². The minimum atomic E-state index is -4.70. The zero-order chi connectivity index (χ0) is 16.3. The van der Waals surface area contributed by atoms with Crippen LogP contribution in [-0.4, -0.2) is 37.4 Å². The second-order valence-electron chi connectivity index (χ2n) is 5.32. The number of nitrogens with one attached hydrogen (secondary N) is 1. The third-order valence-electron chi connectivity index (χ3n) is 3.74. The highest BCUT2D eigenvalue weighted by atomic mass is 19.4. The number of halogens is 3. The van der Waals surface area contributed by atoms with E-state index in [0.717, 1.165) is 26.2 Å². The third-order valence-corrected chi connectivity index (χ3v) is 3.74. The van der Waals surface area contributed by atoms with Gasteiger partial charge in [0.2, 0.25) is 0 Å². The van der Waals surface area contributed by atoms with Gasteiger partial charge in [0.25, 0.3) is 0 Å². The molecule has 7 heteroatoms. The Hall–Kier alpha value is -1.99. The Labute approximate surface area is 131 Å². The Balaban J connectivity index is 1.91. The zero-order valence-corrected chi connectivity index (χ0v) is 12.3. The van der Waals surface area contributed by atoms with Crippen LogP contribution in [0.4, 0.5) is 13.2 Å². The molecule has 124 valence electrons. The SMILES string of the molecule is FC(F)(F)Oc1cccc([C@H](c2ccco2)N2CCNCC2)c1. The average molecular weight is 326 g/mol. The van der Waals surface area contributed by atoms with Gasteiger partial charge in [0.1, 0.15) is 11.5 Å². The summed E-state index contributed by atoms with van der Waals surface area (Å²) in [5, 5.41) is 3.26. The summed E-state index contributed by atoms with van der Waals surface area (Å²) < 4.78 is 46.9. The fourth-order valence-corrected chi connectivity index (χ4v) is 2.82. The van der Waals surface area contributed by atoms with Gasteiger partial charge in [0.15, 0.2) is 0 Å². The molecule has 1 aromatic heterocycles. The van der Waals surface area contributed by atoms with Crippen LogP contribution in [0, 0.1) is 0 Å². The molecule has 2 heterocycles. The van der Waals surface area contributed by atoms with Crippen LogP contribution >= 0.6 is 0 Å². The molecule has 1 aliphatic rings. The topological polar surface area (TPSA) is 37.6 Å². The second kappa shape index (κ2) is 6.64. The lowest BCUT2D eigenvalue weighted by Gasteiger charge is -2.34. The van der Waals surface area contributed by atoms with Crippen molar-refractivity contribution in [2.45, 2.75) is 12.4 Å². The number of alkyl halides is 3. The first-order valence-electron chi connectivity index (χ1n) is 7.37. The summed E-state index contributed by atoms with van der Waals surface area (Å²) in [6, 6.07) is 9.46. The van der Waals surface area contributed by atoms with E-state index in [4.69, 9.17) is 4.42 Å². The molecular formula is C16H17F3N2O2. The van der Waals surface area contributed by atoms with Gasteiger partial charge < -0.3 is 14.5 Å². The maximum Gasteiger partial charge on any atom is 0.573 e. The summed E-state index contributed by atoms with van der Waals surface area (Å²) >= 11 is 0. The van der Waals surface area contributed by atoms with E-state index in [1.807, 2.05) is 6.07 Å². The molecule has 23 heavy (non-hydrogen) atoms. The summed E-state index contributed by atoms with van der Waals surface area (Å²) in [5.41, 5.74) is 0.712. The Morgan fingerprint density at radius 2 is 1.91 bits per heavy atom. The number of rotatable bonds is 4. The summed E-state index contributed by atoms with van der Waals surface area (Å²) in [5.74, 6) is 0.484. The van der Waals surface area contributed by atoms with Crippen LogP contribution in [0.3, 0.4) is 0 Å². The van der Waals surface area contributed by atoms with E-state index >= 15 is 0 Å². The fraction of sp³-hybridized carbons (Fsp3) is 0.375. The van der Waals surface area contributed by atoms with E-state index in [9.17, 15) is 13.2 Å². The van der Waals surface area contributed by atoms with E-state index in [1.165, 1.54) is 12.1 Å². The first kappa shape index (κ1) is 15.9. The Kier molecular flexibility index (Phi) is 4.58. The molecule has 2 aromatic rings. The summed E-state index contributed by atoms with van der Waals surface area (Å²) in [6.07, 6.45) is -3.13. The fourth-order valence-electron chi connectivity index (χ4n) is 2.82. The highest BCUT2D eigenvalue weighted by Gasteiger charge is 2.32. The van der Waals surface area contributed by atoms with E-state index in [-0.39, 0.29) is 11.8 Å². The molecule has 1 atom stereocenters. The predicted molar refractivity (Wildman–Crippen MR) is 78.1 cm³/mol. The normalized spacial score (nSPS) is 17.9. The van der Waals surface area contributed by atoms with Gasteiger partial charge in [-0.25, -0.2) is 0 Å². The maximum absolute atomic E-state index is 12.4. The van der Waals surface area contributed by atoms with E-state index < -0.39 is 6.36 Å². The molecule has 0 spiro atoms. The van der Waals surface area contributed by atoms with Crippen LogP contribution in [0.15, 0.2) is 47.1 Å². The van der Waals surface area contributed by atoms with Gasteiger partial charge >= 0.3 is 6.36 Å². The van der Waals surface area contributed by atoms with Crippen LogP contribution in [0.1, 0.15) is 17.4 Å². The highest BCUT2D eigenvalue weighted by molar-refractivity contribution is 5.34. The summed E-state index contributed by atoms with van der Waals surface area (Å²) in [4.78, 5) is 2.18. The van der Waals surface area contributed by atoms with Crippen molar-refractivity contribution in [3.05, 3.63) is 54.0 Å². The first-order valence-corrected chi connectivity index (χ1v) is 7.37. The number of furan rings is 1. The van der Waals surface area contributed by atoms with Crippen molar-refractivity contribution in [1.82, 2.24) is 10.2 Å². The summed E-state index contributed by atoms with van der Waals surface area (Å²) in [6.45, 7) is 3.23. The zero-order valence-electron chi connectivity index (χ0n) is 12.3. The van der Waals surface area contributed by atoms with Crippen LogP contribution < -0.4 is 10.1 Å². The van der Waals surface area contributed by atoms with Crippen molar-refractivity contribution in [1.29, 1.82) is 0 Å². The third kappa shape index (κ3) is 4.05. The lowest BCUT2D eigenvalue weighted by Crippen LogP contribution is -2.45. The Morgan fingerprint density at radius 3 is 2.57 bits per heavy atom. The molecule has 0 aliphatic carbocycles. The van der Waals surface area contributed by atoms with Crippen LogP contribution in [0.2, 0.25) is 0 Å². The van der Waals surface area contributed by atoms with Gasteiger partial charge in [-0.15, -0.1) is 13.2 Å². The van der Waals surface area contributed by atoms with Crippen molar-refractivity contribution in [3.8, 4) is 5.75 Å². The number of piperazine rings is 1. The van der Waals surface area contributed by atoms with Crippen LogP contribution in [-0.2, 0) is 0 Å². The summed E-state index contributed by atoms with van der Waals surface area (Å²) in [7, 11) is 0. The molecule has 1 N–H and O–H groups in total. The number of hydrogen-bond acceptors (Lipinski definition) is 4. The molecule has 0 amide bonds. The molecule has 0 unspecified atom stereocenters. The Bertz CT molecular complexity index is 623. The number of hydrogen-bond donors (Lipinski definition) is 1. The molecule has 1 fully saturated rings. The molecule has 1 saturated heterocycles. The first-order chi connectivity index (χ1) is 11.0. The van der Waals surface area contributed by atoms with Crippen molar-refractivity contribution >= 4 is 0 Å². The molecule has 1 aliphatic heterocycles. The molecule has 1 aromatic carbocycles. The largest absolute Gasteiger partial charge is 0.573 e. The minimum absolute atomic E-state index is 0.221. The van der Waals surface area contributed by atoms with Crippen molar-refractivity contribution < 1.29 is 22.3 Å². The van der Waals surface area contributed by atoms with Gasteiger partial charge in [0, 0.05) is 26.2 Å². The lowest BCUT2D eigenvalue weighted by molar-refractivity contribution is -0.274. The highest BCUT2D eigenvalue weighted by Crippen LogP contribution is 2.32. The number of nitrogens with zero attached hydrogens (tertiary/aromatic N) is 1. The standard InChI is InChI=1S/C16H17F3N2O2/c17-16(18,19)23-13-4-1-3-12(11-13)15(14-5-2-10-22-14)21-8-6-20-7-9-21/h1-5,10-11,15,20H,6-9H2/t15-/m1/s1. The molecule has 4 nitrogen and oxygen atoms in total. The molecule has 3 rings (SSSR count).